The molecule has 0 spiro atoms. The first-order chi connectivity index (χ1) is 15.9. The second kappa shape index (κ2) is 9.79. The van der Waals surface area contributed by atoms with Crippen LogP contribution in [0.25, 0.3) is 0 Å². The quantitative estimate of drug-likeness (QED) is 0.344. The highest BCUT2D eigenvalue weighted by Gasteiger charge is 2.13. The summed E-state index contributed by atoms with van der Waals surface area (Å²) in [6, 6.07) is 35.0. The monoisotopic (exact) mass is 457 g/mol. The van der Waals surface area contributed by atoms with Crippen LogP contribution in [-0.2, 0) is 15.8 Å². The first kappa shape index (κ1) is 22.4. The van der Waals surface area contributed by atoms with Gasteiger partial charge in [-0.2, -0.15) is 0 Å². The maximum Gasteiger partial charge on any atom is 0.236 e. The highest BCUT2D eigenvalue weighted by molar-refractivity contribution is 7.91. The Morgan fingerprint density at radius 2 is 1.09 bits per heavy atom. The zero-order valence-corrected chi connectivity index (χ0v) is 19.5. The summed E-state index contributed by atoms with van der Waals surface area (Å²) in [5.74, 6) is -0.0652. The topological polar surface area (TPSA) is 52.6 Å². The number of benzene rings is 4. The standard InChI is InChI=1S/C27H27N3O2S/c1-29(24-13-7-4-8-14-24)25-16-18-26(19-17-25)30(2)27-15-9-12-23(20-27)28-33(31,32)21-22-10-5-3-6-11-22/h3-20,28H,21H2,1-2H3. The van der Waals surface area contributed by atoms with Crippen LogP contribution in [0.4, 0.5) is 28.4 Å². The number of hydrogen-bond acceptors (Lipinski definition) is 4. The van der Waals surface area contributed by atoms with Crippen molar-refractivity contribution in [2.24, 2.45) is 0 Å². The van der Waals surface area contributed by atoms with Gasteiger partial charge in [-0.3, -0.25) is 4.72 Å². The van der Waals surface area contributed by atoms with Crippen LogP contribution in [0.3, 0.4) is 0 Å². The molecule has 0 aromatic heterocycles. The summed E-state index contributed by atoms with van der Waals surface area (Å²) in [6.07, 6.45) is 0. The molecule has 6 heteroatoms. The second-order valence-corrected chi connectivity index (χ2v) is 9.59. The van der Waals surface area contributed by atoms with Gasteiger partial charge < -0.3 is 9.80 Å². The number of nitrogens with zero attached hydrogens (tertiary/aromatic N) is 2. The van der Waals surface area contributed by atoms with Gasteiger partial charge in [0.1, 0.15) is 0 Å². The zero-order chi connectivity index (χ0) is 23.3. The van der Waals surface area contributed by atoms with E-state index in [2.05, 4.69) is 46.0 Å². The lowest BCUT2D eigenvalue weighted by atomic mass is 10.2. The number of anilines is 5. The molecule has 0 saturated carbocycles. The van der Waals surface area contributed by atoms with Crippen molar-refractivity contribution in [1.29, 1.82) is 0 Å². The molecule has 0 aliphatic rings. The van der Waals surface area contributed by atoms with E-state index in [4.69, 9.17) is 0 Å². The Morgan fingerprint density at radius 3 is 1.70 bits per heavy atom. The second-order valence-electron chi connectivity index (χ2n) is 7.87. The summed E-state index contributed by atoms with van der Waals surface area (Å²) in [5, 5.41) is 0. The molecule has 0 aliphatic carbocycles. The number of rotatable bonds is 8. The van der Waals surface area contributed by atoms with E-state index in [0.717, 1.165) is 28.3 Å². The molecular formula is C27H27N3O2S. The lowest BCUT2D eigenvalue weighted by Gasteiger charge is -2.23. The Hall–Kier alpha value is -3.77. The highest BCUT2D eigenvalue weighted by Crippen LogP contribution is 2.30. The van der Waals surface area contributed by atoms with Gasteiger partial charge in [0.15, 0.2) is 0 Å². The third kappa shape index (κ3) is 5.73. The minimum Gasteiger partial charge on any atom is -0.345 e. The highest BCUT2D eigenvalue weighted by atomic mass is 32.2. The molecule has 0 aliphatic heterocycles. The molecule has 0 heterocycles. The summed E-state index contributed by atoms with van der Waals surface area (Å²) in [5.41, 5.74) is 5.38. The van der Waals surface area contributed by atoms with E-state index in [1.54, 1.807) is 6.07 Å². The van der Waals surface area contributed by atoms with Gasteiger partial charge >= 0.3 is 0 Å². The largest absolute Gasteiger partial charge is 0.345 e. The molecule has 0 fully saturated rings. The molecule has 0 unspecified atom stereocenters. The van der Waals surface area contributed by atoms with E-state index in [-0.39, 0.29) is 5.75 Å². The maximum atomic E-state index is 12.6. The zero-order valence-electron chi connectivity index (χ0n) is 18.7. The number of para-hydroxylation sites is 1. The predicted molar refractivity (Wildman–Crippen MR) is 138 cm³/mol. The molecule has 0 atom stereocenters. The Balaban J connectivity index is 1.48. The molecule has 4 aromatic rings. The van der Waals surface area contributed by atoms with Crippen molar-refractivity contribution >= 4 is 38.5 Å². The van der Waals surface area contributed by atoms with Crippen LogP contribution in [0.2, 0.25) is 0 Å². The fraction of sp³-hybridized carbons (Fsp3) is 0.111. The van der Waals surface area contributed by atoms with Crippen LogP contribution in [0.5, 0.6) is 0 Å². The van der Waals surface area contributed by atoms with Crippen LogP contribution < -0.4 is 14.5 Å². The minimum atomic E-state index is -3.51. The van der Waals surface area contributed by atoms with Gasteiger partial charge in [0.25, 0.3) is 0 Å². The molecule has 0 bridgehead atoms. The van der Waals surface area contributed by atoms with E-state index in [1.165, 1.54) is 0 Å². The van der Waals surface area contributed by atoms with Crippen LogP contribution in [0, 0.1) is 0 Å². The van der Waals surface area contributed by atoms with Gasteiger partial charge in [-0.15, -0.1) is 0 Å². The van der Waals surface area contributed by atoms with E-state index >= 15 is 0 Å². The van der Waals surface area contributed by atoms with Crippen molar-refractivity contribution in [3.63, 3.8) is 0 Å². The molecule has 1 N–H and O–H groups in total. The molecule has 4 rings (SSSR count). The third-order valence-electron chi connectivity index (χ3n) is 5.47. The first-order valence-corrected chi connectivity index (χ1v) is 12.3. The number of hydrogen-bond donors (Lipinski definition) is 1. The Kier molecular flexibility index (Phi) is 6.66. The normalized spacial score (nSPS) is 11.1. The summed E-state index contributed by atoms with van der Waals surface area (Å²) in [4.78, 5) is 4.16. The van der Waals surface area contributed by atoms with Gasteiger partial charge in [0.2, 0.25) is 10.0 Å². The molecule has 0 amide bonds. The minimum absolute atomic E-state index is 0.0652. The van der Waals surface area contributed by atoms with Crippen molar-refractivity contribution in [2.75, 3.05) is 28.6 Å². The average Bonchev–Trinajstić information content (AvgIpc) is 2.84. The molecular weight excluding hydrogens is 430 g/mol. The predicted octanol–water partition coefficient (Wildman–Crippen LogP) is 6.16. The Bertz CT molecular complexity index is 1290. The van der Waals surface area contributed by atoms with Gasteiger partial charge in [-0.25, -0.2) is 8.42 Å². The third-order valence-corrected chi connectivity index (χ3v) is 6.73. The molecule has 0 saturated heterocycles. The molecule has 0 radical (unpaired) electrons. The first-order valence-electron chi connectivity index (χ1n) is 10.7. The van der Waals surface area contributed by atoms with Gasteiger partial charge in [-0.05, 0) is 60.2 Å². The van der Waals surface area contributed by atoms with Crippen molar-refractivity contribution in [2.45, 2.75) is 5.75 Å². The summed E-state index contributed by atoms with van der Waals surface area (Å²) in [7, 11) is 0.496. The molecule has 168 valence electrons. The lowest BCUT2D eigenvalue weighted by Crippen LogP contribution is -2.16. The van der Waals surface area contributed by atoms with Crippen molar-refractivity contribution in [3.8, 4) is 0 Å². The fourth-order valence-electron chi connectivity index (χ4n) is 3.64. The van der Waals surface area contributed by atoms with Crippen LogP contribution in [0.15, 0.2) is 109 Å². The van der Waals surface area contributed by atoms with E-state index < -0.39 is 10.0 Å². The number of sulfonamides is 1. The summed E-state index contributed by atoms with van der Waals surface area (Å²) < 4.78 is 27.9. The van der Waals surface area contributed by atoms with Crippen molar-refractivity contribution in [1.82, 2.24) is 0 Å². The fourth-order valence-corrected chi connectivity index (χ4v) is 4.83. The Labute approximate surface area is 196 Å². The van der Waals surface area contributed by atoms with Crippen molar-refractivity contribution < 1.29 is 8.42 Å². The lowest BCUT2D eigenvalue weighted by molar-refractivity contribution is 0.600. The van der Waals surface area contributed by atoms with Gasteiger partial charge in [0.05, 0.1) is 11.4 Å². The van der Waals surface area contributed by atoms with E-state index in [1.807, 2.05) is 85.7 Å². The summed E-state index contributed by atoms with van der Waals surface area (Å²) in [6.45, 7) is 0. The maximum absolute atomic E-state index is 12.6. The van der Waals surface area contributed by atoms with Crippen molar-refractivity contribution in [3.05, 3.63) is 115 Å². The average molecular weight is 458 g/mol. The van der Waals surface area contributed by atoms with Crippen LogP contribution >= 0.6 is 0 Å². The van der Waals surface area contributed by atoms with E-state index in [9.17, 15) is 8.42 Å². The molecule has 33 heavy (non-hydrogen) atoms. The van der Waals surface area contributed by atoms with E-state index in [0.29, 0.717) is 5.69 Å². The van der Waals surface area contributed by atoms with Crippen LogP contribution in [0.1, 0.15) is 5.56 Å². The number of nitrogens with one attached hydrogen (secondary N) is 1. The Morgan fingerprint density at radius 1 is 0.606 bits per heavy atom. The summed E-state index contributed by atoms with van der Waals surface area (Å²) >= 11 is 0. The van der Waals surface area contributed by atoms with Gasteiger partial charge in [0, 0.05) is 36.8 Å². The van der Waals surface area contributed by atoms with Crippen LogP contribution in [-0.4, -0.2) is 22.5 Å². The smallest absolute Gasteiger partial charge is 0.236 e. The van der Waals surface area contributed by atoms with Gasteiger partial charge in [-0.1, -0.05) is 54.6 Å². The molecule has 5 nitrogen and oxygen atoms in total. The SMILES string of the molecule is CN(c1ccccc1)c1ccc(N(C)c2cccc(NS(=O)(=O)Cc3ccccc3)c2)cc1. The molecule has 4 aromatic carbocycles.